The zero-order valence-corrected chi connectivity index (χ0v) is 12.7. The number of aryl methyl sites for hydroxylation is 2. The smallest absolute Gasteiger partial charge is 0.126 e. The molecule has 1 aromatic carbocycles. The third-order valence-corrected chi connectivity index (χ3v) is 3.54. The Kier molecular flexibility index (Phi) is 4.78. The van der Waals surface area contributed by atoms with Crippen LogP contribution in [0.1, 0.15) is 29.8 Å². The molecule has 0 radical (unpaired) electrons. The molecule has 0 bridgehead atoms. The summed E-state index contributed by atoms with van der Waals surface area (Å²) < 4.78 is 15.7. The first-order valence-corrected chi connectivity index (χ1v) is 7.06. The first kappa shape index (κ1) is 15.0. The Hall–Kier alpha value is -1.39. The van der Waals surface area contributed by atoms with E-state index in [1.807, 2.05) is 27.1 Å². The van der Waals surface area contributed by atoms with Gasteiger partial charge in [0.05, 0.1) is 5.69 Å². The van der Waals surface area contributed by atoms with Gasteiger partial charge in [-0.3, -0.25) is 4.68 Å². The van der Waals surface area contributed by atoms with E-state index >= 15 is 0 Å². The summed E-state index contributed by atoms with van der Waals surface area (Å²) in [4.78, 5) is 0. The Morgan fingerprint density at radius 1 is 1.45 bits per heavy atom. The predicted molar refractivity (Wildman–Crippen MR) is 79.5 cm³/mol. The lowest BCUT2D eigenvalue weighted by atomic mass is 9.99. The van der Waals surface area contributed by atoms with E-state index in [9.17, 15) is 4.39 Å². The van der Waals surface area contributed by atoms with Gasteiger partial charge in [-0.25, -0.2) is 4.39 Å². The van der Waals surface area contributed by atoms with Gasteiger partial charge in [0.1, 0.15) is 5.82 Å². The molecule has 1 atom stereocenters. The van der Waals surface area contributed by atoms with Crippen molar-refractivity contribution in [3.05, 3.63) is 52.1 Å². The molecule has 0 aliphatic carbocycles. The first-order valence-electron chi connectivity index (χ1n) is 6.68. The van der Waals surface area contributed by atoms with E-state index < -0.39 is 0 Å². The molecule has 0 saturated carbocycles. The monoisotopic (exact) mass is 295 g/mol. The Balaban J connectivity index is 2.30. The minimum atomic E-state index is -0.223. The van der Waals surface area contributed by atoms with Crippen molar-refractivity contribution < 1.29 is 4.39 Å². The lowest BCUT2D eigenvalue weighted by molar-refractivity contribution is 0.526. The van der Waals surface area contributed by atoms with Crippen LogP contribution in [0.4, 0.5) is 4.39 Å². The molecule has 20 heavy (non-hydrogen) atoms. The standard InChI is InChI=1S/C15H19ClFN3/c1-4-18-15(13-9-20(3)19-10(13)2)8-11-7-12(16)5-6-14(11)17/h5-7,9,15,18H,4,8H2,1-3H3. The van der Waals surface area contributed by atoms with Crippen molar-refractivity contribution in [2.45, 2.75) is 26.3 Å². The Morgan fingerprint density at radius 2 is 2.20 bits per heavy atom. The molecule has 2 rings (SSSR count). The van der Waals surface area contributed by atoms with Gasteiger partial charge in [0.25, 0.3) is 0 Å². The van der Waals surface area contributed by atoms with Crippen molar-refractivity contribution in [3.63, 3.8) is 0 Å². The molecule has 0 saturated heterocycles. The fraction of sp³-hybridized carbons (Fsp3) is 0.400. The van der Waals surface area contributed by atoms with Gasteiger partial charge in [-0.2, -0.15) is 5.10 Å². The minimum absolute atomic E-state index is 0.0293. The largest absolute Gasteiger partial charge is 0.310 e. The third kappa shape index (κ3) is 3.38. The van der Waals surface area contributed by atoms with Gasteiger partial charge in [-0.1, -0.05) is 18.5 Å². The maximum Gasteiger partial charge on any atom is 0.126 e. The van der Waals surface area contributed by atoms with Gasteiger partial charge in [0.2, 0.25) is 0 Å². The summed E-state index contributed by atoms with van der Waals surface area (Å²) >= 11 is 5.96. The molecule has 2 aromatic rings. The molecule has 0 fully saturated rings. The average molecular weight is 296 g/mol. The van der Waals surface area contributed by atoms with E-state index in [-0.39, 0.29) is 11.9 Å². The van der Waals surface area contributed by atoms with E-state index in [1.54, 1.807) is 16.8 Å². The lowest BCUT2D eigenvalue weighted by Crippen LogP contribution is -2.23. The van der Waals surface area contributed by atoms with Gasteiger partial charge in [-0.05, 0) is 43.7 Å². The van der Waals surface area contributed by atoms with Crippen molar-refractivity contribution in [3.8, 4) is 0 Å². The maximum absolute atomic E-state index is 13.9. The number of nitrogens with one attached hydrogen (secondary N) is 1. The number of hydrogen-bond acceptors (Lipinski definition) is 2. The normalized spacial score (nSPS) is 12.7. The van der Waals surface area contributed by atoms with E-state index in [2.05, 4.69) is 10.4 Å². The topological polar surface area (TPSA) is 29.9 Å². The van der Waals surface area contributed by atoms with Gasteiger partial charge in [0.15, 0.2) is 0 Å². The zero-order valence-electron chi connectivity index (χ0n) is 12.0. The van der Waals surface area contributed by atoms with Crippen molar-refractivity contribution >= 4 is 11.6 Å². The zero-order chi connectivity index (χ0) is 14.7. The summed E-state index contributed by atoms with van der Waals surface area (Å²) in [5, 5.41) is 8.29. The molecule has 1 unspecified atom stereocenters. The molecule has 1 heterocycles. The van der Waals surface area contributed by atoms with Gasteiger partial charge in [-0.15, -0.1) is 0 Å². The molecular formula is C15H19ClFN3. The molecule has 0 spiro atoms. The second kappa shape index (κ2) is 6.37. The highest BCUT2D eigenvalue weighted by Gasteiger charge is 2.18. The lowest BCUT2D eigenvalue weighted by Gasteiger charge is -2.18. The molecule has 0 amide bonds. The second-order valence-corrected chi connectivity index (χ2v) is 5.33. The number of hydrogen-bond donors (Lipinski definition) is 1. The van der Waals surface area contributed by atoms with Crippen LogP contribution in [-0.2, 0) is 13.5 Å². The summed E-state index contributed by atoms with van der Waals surface area (Å²) in [5.41, 5.74) is 2.67. The van der Waals surface area contributed by atoms with Crippen LogP contribution in [0.25, 0.3) is 0 Å². The van der Waals surface area contributed by atoms with Gasteiger partial charge in [0, 0.05) is 29.9 Å². The first-order chi connectivity index (χ1) is 9.51. The maximum atomic E-state index is 13.9. The van der Waals surface area contributed by atoms with E-state index in [1.165, 1.54) is 6.07 Å². The van der Waals surface area contributed by atoms with E-state index in [0.717, 1.165) is 17.8 Å². The van der Waals surface area contributed by atoms with Crippen LogP contribution in [0.5, 0.6) is 0 Å². The molecule has 1 aromatic heterocycles. The quantitative estimate of drug-likeness (QED) is 0.916. The summed E-state index contributed by atoms with van der Waals surface area (Å²) in [6.07, 6.45) is 2.53. The van der Waals surface area contributed by atoms with Crippen LogP contribution in [-0.4, -0.2) is 16.3 Å². The van der Waals surface area contributed by atoms with Crippen LogP contribution >= 0.6 is 11.6 Å². The molecule has 5 heteroatoms. The minimum Gasteiger partial charge on any atom is -0.310 e. The molecule has 0 aliphatic heterocycles. The number of nitrogens with zero attached hydrogens (tertiary/aromatic N) is 2. The second-order valence-electron chi connectivity index (χ2n) is 4.89. The predicted octanol–water partition coefficient (Wildman–Crippen LogP) is 3.41. The number of halogens is 2. The third-order valence-electron chi connectivity index (χ3n) is 3.31. The van der Waals surface area contributed by atoms with Crippen molar-refractivity contribution in [2.75, 3.05) is 6.54 Å². The number of likely N-dealkylation sites (N-methyl/N-ethyl adjacent to an activating group) is 1. The summed E-state index contributed by atoms with van der Waals surface area (Å²) in [5.74, 6) is -0.223. The highest BCUT2D eigenvalue weighted by atomic mass is 35.5. The highest BCUT2D eigenvalue weighted by Crippen LogP contribution is 2.24. The summed E-state index contributed by atoms with van der Waals surface area (Å²) in [6.45, 7) is 4.81. The highest BCUT2D eigenvalue weighted by molar-refractivity contribution is 6.30. The molecule has 1 N–H and O–H groups in total. The summed E-state index contributed by atoms with van der Waals surface area (Å²) in [7, 11) is 1.89. The Morgan fingerprint density at radius 3 is 2.80 bits per heavy atom. The van der Waals surface area contributed by atoms with Crippen LogP contribution in [0.15, 0.2) is 24.4 Å². The van der Waals surface area contributed by atoms with Crippen LogP contribution in [0.3, 0.4) is 0 Å². The van der Waals surface area contributed by atoms with Crippen molar-refractivity contribution in [1.29, 1.82) is 0 Å². The number of benzene rings is 1. The Bertz CT molecular complexity index is 595. The fourth-order valence-corrected chi connectivity index (χ4v) is 2.61. The fourth-order valence-electron chi connectivity index (χ4n) is 2.42. The van der Waals surface area contributed by atoms with Gasteiger partial charge >= 0.3 is 0 Å². The molecule has 3 nitrogen and oxygen atoms in total. The SMILES string of the molecule is CCNC(Cc1cc(Cl)ccc1F)c1cn(C)nc1C. The van der Waals surface area contributed by atoms with E-state index in [4.69, 9.17) is 11.6 Å². The molecular weight excluding hydrogens is 277 g/mol. The van der Waals surface area contributed by atoms with Crippen LogP contribution in [0.2, 0.25) is 5.02 Å². The van der Waals surface area contributed by atoms with E-state index in [0.29, 0.717) is 17.0 Å². The number of rotatable bonds is 5. The Labute approximate surface area is 123 Å². The number of aromatic nitrogens is 2. The molecule has 108 valence electrons. The van der Waals surface area contributed by atoms with Crippen LogP contribution in [0, 0.1) is 12.7 Å². The average Bonchev–Trinajstić information content (AvgIpc) is 2.72. The summed E-state index contributed by atoms with van der Waals surface area (Å²) in [6, 6.07) is 4.70. The van der Waals surface area contributed by atoms with Gasteiger partial charge < -0.3 is 5.32 Å². The van der Waals surface area contributed by atoms with Crippen molar-refractivity contribution in [2.24, 2.45) is 7.05 Å². The van der Waals surface area contributed by atoms with Crippen molar-refractivity contribution in [1.82, 2.24) is 15.1 Å². The van der Waals surface area contributed by atoms with Crippen LogP contribution < -0.4 is 5.32 Å². The molecule has 0 aliphatic rings.